The third-order valence-corrected chi connectivity index (χ3v) is 5.03. The number of hydrogen-bond donors (Lipinski definition) is 1. The number of carbonyl (C=O) groups is 1. The molecule has 148 valence electrons. The maximum absolute atomic E-state index is 13.0. The summed E-state index contributed by atoms with van der Waals surface area (Å²) in [6, 6.07) is 10.0. The lowest BCUT2D eigenvalue weighted by molar-refractivity contribution is 0.102. The van der Waals surface area contributed by atoms with Crippen molar-refractivity contribution in [2.45, 2.75) is 40.8 Å². The zero-order valence-electron chi connectivity index (χ0n) is 17.1. The Bertz CT molecular complexity index is 1200. The molecule has 29 heavy (non-hydrogen) atoms. The molecule has 0 aliphatic heterocycles. The molecule has 0 spiro atoms. The van der Waals surface area contributed by atoms with E-state index in [9.17, 15) is 4.79 Å². The molecule has 7 nitrogen and oxygen atoms in total. The van der Waals surface area contributed by atoms with Crippen LogP contribution in [0.25, 0.3) is 11.0 Å². The summed E-state index contributed by atoms with van der Waals surface area (Å²) in [6.45, 7) is 9.24. The van der Waals surface area contributed by atoms with Crippen LogP contribution in [0.3, 0.4) is 0 Å². The van der Waals surface area contributed by atoms with Crippen LogP contribution in [0.4, 0.5) is 5.69 Å². The monoisotopic (exact) mass is 388 g/mol. The van der Waals surface area contributed by atoms with Crippen LogP contribution in [0.2, 0.25) is 0 Å². The third-order valence-electron chi connectivity index (χ3n) is 5.03. The summed E-state index contributed by atoms with van der Waals surface area (Å²) in [7, 11) is 0. The Morgan fingerprint density at radius 3 is 2.72 bits per heavy atom. The summed E-state index contributed by atoms with van der Waals surface area (Å²) in [6.07, 6.45) is 3.52. The van der Waals surface area contributed by atoms with E-state index in [2.05, 4.69) is 39.6 Å². The SMILES string of the molecule is CCn1nc(C)c2c(C(=O)Nc3cnn(Cc4ccccc4C)c3)cc(C)nc21. The average Bonchev–Trinajstić information content (AvgIpc) is 3.26. The number of carbonyl (C=O) groups excluding carboxylic acids is 1. The first-order valence-electron chi connectivity index (χ1n) is 9.69. The summed E-state index contributed by atoms with van der Waals surface area (Å²) in [5.41, 5.74) is 5.98. The molecule has 3 heterocycles. The first-order valence-corrected chi connectivity index (χ1v) is 9.69. The minimum absolute atomic E-state index is 0.185. The number of nitrogens with one attached hydrogen (secondary N) is 1. The molecular formula is C22H24N6O. The first kappa shape index (κ1) is 18.9. The van der Waals surface area contributed by atoms with Crippen LogP contribution < -0.4 is 5.32 Å². The molecule has 0 atom stereocenters. The molecule has 1 N–H and O–H groups in total. The topological polar surface area (TPSA) is 77.6 Å². The molecule has 0 saturated heterocycles. The second kappa shape index (κ2) is 7.50. The van der Waals surface area contributed by atoms with Crippen molar-refractivity contribution in [3.8, 4) is 0 Å². The number of pyridine rings is 1. The summed E-state index contributed by atoms with van der Waals surface area (Å²) in [4.78, 5) is 17.6. The lowest BCUT2D eigenvalue weighted by Gasteiger charge is -2.07. The zero-order valence-corrected chi connectivity index (χ0v) is 17.1. The van der Waals surface area contributed by atoms with Crippen molar-refractivity contribution in [2.75, 3.05) is 5.32 Å². The van der Waals surface area contributed by atoms with Crippen LogP contribution in [0, 0.1) is 20.8 Å². The molecule has 7 heteroatoms. The van der Waals surface area contributed by atoms with Gasteiger partial charge in [-0.15, -0.1) is 0 Å². The Morgan fingerprint density at radius 2 is 1.97 bits per heavy atom. The summed E-state index contributed by atoms with van der Waals surface area (Å²) in [5.74, 6) is -0.185. The Balaban J connectivity index is 1.60. The molecule has 0 fully saturated rings. The lowest BCUT2D eigenvalue weighted by atomic mass is 10.1. The quantitative estimate of drug-likeness (QED) is 0.563. The molecule has 1 amide bonds. The van der Waals surface area contributed by atoms with E-state index in [0.717, 1.165) is 22.4 Å². The van der Waals surface area contributed by atoms with Crippen molar-refractivity contribution in [3.05, 3.63) is 70.8 Å². The fraction of sp³-hybridized carbons (Fsp3) is 0.273. The van der Waals surface area contributed by atoms with Crippen molar-refractivity contribution in [1.82, 2.24) is 24.5 Å². The Labute approximate surface area is 169 Å². The van der Waals surface area contributed by atoms with E-state index in [0.29, 0.717) is 24.3 Å². The minimum Gasteiger partial charge on any atom is -0.319 e. The van der Waals surface area contributed by atoms with Crippen molar-refractivity contribution in [1.29, 1.82) is 0 Å². The molecule has 0 aliphatic carbocycles. The molecule has 0 radical (unpaired) electrons. The maximum Gasteiger partial charge on any atom is 0.256 e. The third kappa shape index (κ3) is 3.63. The number of hydrogen-bond acceptors (Lipinski definition) is 4. The smallest absolute Gasteiger partial charge is 0.256 e. The summed E-state index contributed by atoms with van der Waals surface area (Å²) >= 11 is 0. The van der Waals surface area contributed by atoms with Crippen LogP contribution in [0.1, 0.15) is 39.8 Å². The number of aryl methyl sites for hydroxylation is 4. The normalized spacial score (nSPS) is 11.2. The van der Waals surface area contributed by atoms with Crippen LogP contribution in [0.5, 0.6) is 0 Å². The van der Waals surface area contributed by atoms with E-state index in [1.54, 1.807) is 6.20 Å². The average molecular weight is 388 g/mol. The van der Waals surface area contributed by atoms with Gasteiger partial charge in [0.05, 0.1) is 35.1 Å². The number of anilines is 1. The number of amides is 1. The van der Waals surface area contributed by atoms with Gasteiger partial charge in [0.15, 0.2) is 5.65 Å². The van der Waals surface area contributed by atoms with Crippen molar-refractivity contribution >= 4 is 22.6 Å². The van der Waals surface area contributed by atoms with Gasteiger partial charge in [-0.05, 0) is 44.9 Å². The van der Waals surface area contributed by atoms with Gasteiger partial charge in [0.25, 0.3) is 5.91 Å². The highest BCUT2D eigenvalue weighted by atomic mass is 16.1. The van der Waals surface area contributed by atoms with Gasteiger partial charge < -0.3 is 5.32 Å². The van der Waals surface area contributed by atoms with Crippen LogP contribution in [-0.2, 0) is 13.1 Å². The number of benzene rings is 1. The molecule has 0 unspecified atom stereocenters. The van der Waals surface area contributed by atoms with E-state index in [4.69, 9.17) is 0 Å². The van der Waals surface area contributed by atoms with E-state index >= 15 is 0 Å². The minimum atomic E-state index is -0.185. The van der Waals surface area contributed by atoms with Gasteiger partial charge in [-0.2, -0.15) is 10.2 Å². The summed E-state index contributed by atoms with van der Waals surface area (Å²) < 4.78 is 3.65. The van der Waals surface area contributed by atoms with E-state index in [1.165, 1.54) is 11.1 Å². The van der Waals surface area contributed by atoms with Gasteiger partial charge in [0.2, 0.25) is 0 Å². The first-order chi connectivity index (χ1) is 14.0. The highest BCUT2D eigenvalue weighted by Gasteiger charge is 2.19. The van der Waals surface area contributed by atoms with Gasteiger partial charge in [-0.3, -0.25) is 9.48 Å². The molecule has 4 aromatic rings. The van der Waals surface area contributed by atoms with E-state index in [-0.39, 0.29) is 5.91 Å². The van der Waals surface area contributed by atoms with Crippen molar-refractivity contribution in [3.63, 3.8) is 0 Å². The predicted molar refractivity (Wildman–Crippen MR) is 113 cm³/mol. The second-order valence-electron chi connectivity index (χ2n) is 7.22. The number of rotatable bonds is 5. The molecule has 0 saturated carbocycles. The standard InChI is InChI=1S/C22H24N6O/c1-5-28-21-20(16(4)26-28)19(10-15(3)24-21)22(29)25-18-11-23-27(13-18)12-17-9-7-6-8-14(17)2/h6-11,13H,5,12H2,1-4H3,(H,25,29). The molecule has 0 bridgehead atoms. The molecule has 1 aromatic carbocycles. The van der Waals surface area contributed by atoms with E-state index in [1.807, 2.05) is 54.5 Å². The van der Waals surface area contributed by atoms with Crippen molar-refractivity contribution < 1.29 is 4.79 Å². The van der Waals surface area contributed by atoms with Crippen LogP contribution in [-0.4, -0.2) is 30.5 Å². The van der Waals surface area contributed by atoms with Gasteiger partial charge in [-0.1, -0.05) is 24.3 Å². The largest absolute Gasteiger partial charge is 0.319 e. The number of nitrogens with zero attached hydrogens (tertiary/aromatic N) is 5. The highest BCUT2D eigenvalue weighted by molar-refractivity contribution is 6.12. The van der Waals surface area contributed by atoms with Crippen molar-refractivity contribution in [2.24, 2.45) is 0 Å². The maximum atomic E-state index is 13.0. The fourth-order valence-electron chi connectivity index (χ4n) is 3.55. The van der Waals surface area contributed by atoms with Gasteiger partial charge in [-0.25, -0.2) is 9.67 Å². The van der Waals surface area contributed by atoms with Gasteiger partial charge in [0, 0.05) is 18.4 Å². The summed E-state index contributed by atoms with van der Waals surface area (Å²) in [5, 5.41) is 12.7. The lowest BCUT2D eigenvalue weighted by Crippen LogP contribution is -2.13. The van der Waals surface area contributed by atoms with Gasteiger partial charge >= 0.3 is 0 Å². The van der Waals surface area contributed by atoms with Crippen LogP contribution >= 0.6 is 0 Å². The number of fused-ring (bicyclic) bond motifs is 1. The Morgan fingerprint density at radius 1 is 1.17 bits per heavy atom. The van der Waals surface area contributed by atoms with Crippen LogP contribution in [0.15, 0.2) is 42.7 Å². The highest BCUT2D eigenvalue weighted by Crippen LogP contribution is 2.23. The number of aromatic nitrogens is 5. The van der Waals surface area contributed by atoms with E-state index < -0.39 is 0 Å². The predicted octanol–water partition coefficient (Wildman–Crippen LogP) is 3.87. The molecule has 0 aliphatic rings. The molecular weight excluding hydrogens is 364 g/mol. The second-order valence-corrected chi connectivity index (χ2v) is 7.22. The fourth-order valence-corrected chi connectivity index (χ4v) is 3.55. The molecule has 4 rings (SSSR count). The Hall–Kier alpha value is -3.48. The Kier molecular flexibility index (Phi) is 4.88. The van der Waals surface area contributed by atoms with Gasteiger partial charge in [0.1, 0.15) is 0 Å². The molecule has 3 aromatic heterocycles. The zero-order chi connectivity index (χ0) is 20.5.